The summed E-state index contributed by atoms with van der Waals surface area (Å²) in [7, 11) is 0. The highest BCUT2D eigenvalue weighted by atomic mass is 15.2. The van der Waals surface area contributed by atoms with Crippen LogP contribution in [0.25, 0.3) is 44.0 Å². The zero-order valence-corrected chi connectivity index (χ0v) is 13.8. The first-order valence-electron chi connectivity index (χ1n) is 8.52. The Bertz CT molecular complexity index is 1450. The van der Waals surface area contributed by atoms with Crippen molar-refractivity contribution in [2.75, 3.05) is 0 Å². The van der Waals surface area contributed by atoms with Crippen LogP contribution in [0.15, 0.2) is 72.8 Å². The zero-order valence-electron chi connectivity index (χ0n) is 13.8. The highest BCUT2D eigenvalue weighted by Crippen LogP contribution is 2.34. The molecule has 0 amide bonds. The lowest BCUT2D eigenvalue weighted by Crippen LogP contribution is -1.98. The van der Waals surface area contributed by atoms with Gasteiger partial charge in [-0.05, 0) is 25.1 Å². The second kappa shape index (κ2) is 4.39. The molecule has 0 saturated carbocycles. The molecule has 0 fully saturated rings. The minimum Gasteiger partial charge on any atom is -0.282 e. The van der Waals surface area contributed by atoms with Crippen LogP contribution >= 0.6 is 0 Å². The number of imidazole rings is 1. The van der Waals surface area contributed by atoms with E-state index in [4.69, 9.17) is 4.98 Å². The third kappa shape index (κ3) is 1.48. The second-order valence-corrected chi connectivity index (χ2v) is 6.57. The average molecular weight is 321 g/mol. The number of fused-ring (bicyclic) bond motifs is 10. The lowest BCUT2D eigenvalue weighted by Gasteiger charge is -2.08. The van der Waals surface area contributed by atoms with Gasteiger partial charge in [-0.3, -0.25) is 8.80 Å². The monoisotopic (exact) mass is 321 g/mol. The fourth-order valence-corrected chi connectivity index (χ4v) is 4.20. The SMILES string of the molecule is Cc1c2ccccc2c2c3ccccc3n3c4ccccc4nc3n12. The number of aromatic nitrogens is 3. The molecule has 0 aliphatic rings. The third-order valence-corrected chi connectivity index (χ3v) is 5.27. The van der Waals surface area contributed by atoms with Gasteiger partial charge in [0.25, 0.3) is 0 Å². The molecule has 3 nitrogen and oxygen atoms in total. The molecular formula is C22H15N3. The van der Waals surface area contributed by atoms with E-state index in [1.54, 1.807) is 0 Å². The van der Waals surface area contributed by atoms with Crippen LogP contribution in [0, 0.1) is 6.92 Å². The minimum atomic E-state index is 0.976. The van der Waals surface area contributed by atoms with Crippen LogP contribution in [0.5, 0.6) is 0 Å². The van der Waals surface area contributed by atoms with Crippen LogP contribution in [0.1, 0.15) is 5.69 Å². The van der Waals surface area contributed by atoms with E-state index in [1.807, 2.05) is 6.07 Å². The van der Waals surface area contributed by atoms with E-state index in [-0.39, 0.29) is 0 Å². The Balaban J connectivity index is 2.10. The molecule has 118 valence electrons. The van der Waals surface area contributed by atoms with Gasteiger partial charge in [-0.25, -0.2) is 4.98 Å². The number of aryl methyl sites for hydroxylation is 1. The number of hydrogen-bond donors (Lipinski definition) is 0. The number of rotatable bonds is 0. The Morgan fingerprint density at radius 2 is 1.28 bits per heavy atom. The van der Waals surface area contributed by atoms with Crippen molar-refractivity contribution in [3.8, 4) is 0 Å². The summed E-state index contributed by atoms with van der Waals surface area (Å²) in [6, 6.07) is 25.6. The van der Waals surface area contributed by atoms with E-state index in [0.29, 0.717) is 0 Å². The van der Waals surface area contributed by atoms with Crippen molar-refractivity contribution in [3.63, 3.8) is 0 Å². The minimum absolute atomic E-state index is 0.976. The van der Waals surface area contributed by atoms with Gasteiger partial charge in [0.15, 0.2) is 0 Å². The summed E-state index contributed by atoms with van der Waals surface area (Å²) in [6.45, 7) is 2.18. The summed E-state index contributed by atoms with van der Waals surface area (Å²) in [5.41, 5.74) is 5.84. The van der Waals surface area contributed by atoms with E-state index < -0.39 is 0 Å². The van der Waals surface area contributed by atoms with Gasteiger partial charge in [-0.15, -0.1) is 0 Å². The summed E-state index contributed by atoms with van der Waals surface area (Å²) >= 11 is 0. The molecule has 3 heteroatoms. The molecule has 0 aliphatic heterocycles. The van der Waals surface area contributed by atoms with Crippen molar-refractivity contribution < 1.29 is 0 Å². The smallest absolute Gasteiger partial charge is 0.220 e. The lowest BCUT2D eigenvalue weighted by molar-refractivity contribution is 1.08. The maximum absolute atomic E-state index is 4.98. The fraction of sp³-hybridized carbons (Fsp3) is 0.0455. The predicted octanol–water partition coefficient (Wildman–Crippen LogP) is 5.36. The molecule has 0 unspecified atom stereocenters. The summed E-state index contributed by atoms with van der Waals surface area (Å²) in [4.78, 5) is 4.98. The highest BCUT2D eigenvalue weighted by molar-refractivity contribution is 6.13. The van der Waals surface area contributed by atoms with Crippen molar-refractivity contribution in [2.24, 2.45) is 0 Å². The van der Waals surface area contributed by atoms with Crippen molar-refractivity contribution in [1.82, 2.24) is 13.8 Å². The quantitative estimate of drug-likeness (QED) is 0.369. The molecule has 0 spiro atoms. The first-order chi connectivity index (χ1) is 12.3. The van der Waals surface area contributed by atoms with Crippen molar-refractivity contribution in [2.45, 2.75) is 6.92 Å². The Morgan fingerprint density at radius 3 is 2.12 bits per heavy atom. The molecule has 0 saturated heterocycles. The Hall–Kier alpha value is -3.33. The molecule has 0 N–H and O–H groups in total. The fourth-order valence-electron chi connectivity index (χ4n) is 4.20. The van der Waals surface area contributed by atoms with E-state index in [2.05, 4.69) is 82.5 Å². The van der Waals surface area contributed by atoms with Crippen LogP contribution in [0.3, 0.4) is 0 Å². The molecule has 25 heavy (non-hydrogen) atoms. The molecule has 3 heterocycles. The van der Waals surface area contributed by atoms with Crippen LogP contribution in [-0.4, -0.2) is 13.8 Å². The molecule has 0 bridgehead atoms. The standard InChI is InChI=1S/C22H15N3/c1-14-15-8-2-3-9-16(15)21-17-10-4-6-12-19(17)25-20-13-7-5-11-18(20)23-22(25)24(14)21/h2-13H,1H3. The van der Waals surface area contributed by atoms with Crippen LogP contribution in [0.2, 0.25) is 0 Å². The molecule has 0 aliphatic carbocycles. The number of nitrogens with zero attached hydrogens (tertiary/aromatic N) is 3. The van der Waals surface area contributed by atoms with Crippen molar-refractivity contribution in [1.29, 1.82) is 0 Å². The molecule has 3 aromatic heterocycles. The highest BCUT2D eigenvalue weighted by Gasteiger charge is 2.17. The zero-order chi connectivity index (χ0) is 16.5. The Kier molecular flexibility index (Phi) is 2.29. The third-order valence-electron chi connectivity index (χ3n) is 5.27. The van der Waals surface area contributed by atoms with Crippen LogP contribution in [0.4, 0.5) is 0 Å². The maximum Gasteiger partial charge on any atom is 0.220 e. The van der Waals surface area contributed by atoms with Gasteiger partial charge in [0.1, 0.15) is 0 Å². The van der Waals surface area contributed by atoms with Gasteiger partial charge in [-0.1, -0.05) is 54.6 Å². The van der Waals surface area contributed by atoms with Gasteiger partial charge >= 0.3 is 0 Å². The molecule has 0 atom stereocenters. The first kappa shape index (κ1) is 13.0. The first-order valence-corrected chi connectivity index (χ1v) is 8.52. The van der Waals surface area contributed by atoms with Gasteiger partial charge in [0.05, 0.1) is 22.1 Å². The van der Waals surface area contributed by atoms with Crippen LogP contribution in [-0.2, 0) is 0 Å². The normalized spacial score (nSPS) is 12.2. The number of hydrogen-bond acceptors (Lipinski definition) is 1. The lowest BCUT2D eigenvalue weighted by atomic mass is 10.1. The molecule has 3 aromatic carbocycles. The average Bonchev–Trinajstić information content (AvgIpc) is 3.19. The van der Waals surface area contributed by atoms with E-state index in [0.717, 1.165) is 16.8 Å². The topological polar surface area (TPSA) is 21.7 Å². The Labute approximate surface area is 143 Å². The summed E-state index contributed by atoms with van der Waals surface area (Å²) < 4.78 is 4.59. The van der Waals surface area contributed by atoms with Gasteiger partial charge in [0, 0.05) is 21.9 Å². The van der Waals surface area contributed by atoms with Crippen LogP contribution < -0.4 is 0 Å². The van der Waals surface area contributed by atoms with Crippen molar-refractivity contribution >= 4 is 44.0 Å². The van der Waals surface area contributed by atoms with E-state index in [9.17, 15) is 0 Å². The number of benzene rings is 3. The van der Waals surface area contributed by atoms with E-state index in [1.165, 1.54) is 32.9 Å². The van der Waals surface area contributed by atoms with Gasteiger partial charge in [-0.2, -0.15) is 0 Å². The van der Waals surface area contributed by atoms with Gasteiger partial charge < -0.3 is 0 Å². The largest absolute Gasteiger partial charge is 0.282 e. The molecule has 6 rings (SSSR count). The molecular weight excluding hydrogens is 306 g/mol. The van der Waals surface area contributed by atoms with Gasteiger partial charge in [0.2, 0.25) is 5.78 Å². The molecule has 6 aromatic rings. The summed E-state index contributed by atoms with van der Waals surface area (Å²) in [5.74, 6) is 0.976. The Morgan fingerprint density at radius 1 is 0.640 bits per heavy atom. The predicted molar refractivity (Wildman–Crippen MR) is 103 cm³/mol. The molecule has 0 radical (unpaired) electrons. The maximum atomic E-state index is 4.98. The summed E-state index contributed by atoms with van der Waals surface area (Å²) in [6.07, 6.45) is 0. The van der Waals surface area contributed by atoms with E-state index >= 15 is 0 Å². The number of para-hydroxylation sites is 3. The summed E-state index contributed by atoms with van der Waals surface area (Å²) in [5, 5.41) is 3.82. The second-order valence-electron chi connectivity index (χ2n) is 6.57. The van der Waals surface area contributed by atoms with Crippen molar-refractivity contribution in [3.05, 3.63) is 78.5 Å².